The first-order chi connectivity index (χ1) is 12.6. The summed E-state index contributed by atoms with van der Waals surface area (Å²) in [6, 6.07) is 8.36. The molecule has 1 aliphatic rings. The number of nitrogens with zero attached hydrogens (tertiary/aromatic N) is 4. The standard InChI is InChI=1S/C19H22FN5O/c1-3-8-21-18-13-16(22-14(2)23-18)19(26)25-11-9-24(10-12-25)17-7-5-4-6-15(17)20/h3-7,13H,1,8-12H2,2H3,(H,21,22,23). The Balaban J connectivity index is 1.68. The molecule has 26 heavy (non-hydrogen) atoms. The van der Waals surface area contributed by atoms with Gasteiger partial charge < -0.3 is 15.1 Å². The van der Waals surface area contributed by atoms with Crippen LogP contribution in [0.1, 0.15) is 16.3 Å². The van der Waals surface area contributed by atoms with E-state index in [1.807, 2.05) is 11.0 Å². The van der Waals surface area contributed by atoms with Crippen LogP contribution in [0.5, 0.6) is 0 Å². The number of carbonyl (C=O) groups excluding carboxylic acids is 1. The van der Waals surface area contributed by atoms with Crippen LogP contribution in [-0.2, 0) is 0 Å². The predicted octanol–water partition coefficient (Wildman–Crippen LogP) is 2.48. The molecular weight excluding hydrogens is 333 g/mol. The van der Waals surface area contributed by atoms with Crippen molar-refractivity contribution in [3.05, 3.63) is 60.3 Å². The number of aryl methyl sites for hydroxylation is 1. The maximum atomic E-state index is 13.9. The Morgan fingerprint density at radius 3 is 2.69 bits per heavy atom. The highest BCUT2D eigenvalue weighted by molar-refractivity contribution is 5.93. The van der Waals surface area contributed by atoms with Gasteiger partial charge in [-0.25, -0.2) is 14.4 Å². The van der Waals surface area contributed by atoms with E-state index in [1.54, 1.807) is 36.1 Å². The molecule has 0 spiro atoms. The molecule has 0 unspecified atom stereocenters. The fourth-order valence-electron chi connectivity index (χ4n) is 2.97. The number of benzene rings is 1. The summed E-state index contributed by atoms with van der Waals surface area (Å²) in [4.78, 5) is 25.0. The number of hydrogen-bond acceptors (Lipinski definition) is 5. The first kappa shape index (κ1) is 17.8. The highest BCUT2D eigenvalue weighted by Crippen LogP contribution is 2.20. The molecule has 1 aliphatic heterocycles. The van der Waals surface area contributed by atoms with Gasteiger partial charge in [0.25, 0.3) is 5.91 Å². The smallest absolute Gasteiger partial charge is 0.272 e. The quantitative estimate of drug-likeness (QED) is 0.835. The summed E-state index contributed by atoms with van der Waals surface area (Å²) < 4.78 is 13.9. The fraction of sp³-hybridized carbons (Fsp3) is 0.316. The molecule has 0 bridgehead atoms. The number of aromatic nitrogens is 2. The van der Waals surface area contributed by atoms with E-state index in [0.29, 0.717) is 55.7 Å². The molecule has 6 nitrogen and oxygen atoms in total. The molecule has 3 rings (SSSR count). The molecule has 0 atom stereocenters. The second-order valence-corrected chi connectivity index (χ2v) is 6.09. The average molecular weight is 355 g/mol. The molecule has 2 heterocycles. The molecule has 1 fully saturated rings. The van der Waals surface area contributed by atoms with E-state index < -0.39 is 0 Å². The van der Waals surface area contributed by atoms with Gasteiger partial charge in [0, 0.05) is 38.8 Å². The zero-order valence-electron chi connectivity index (χ0n) is 14.8. The van der Waals surface area contributed by atoms with Gasteiger partial charge in [-0.15, -0.1) is 6.58 Å². The third-order valence-electron chi connectivity index (χ3n) is 4.24. The number of amides is 1. The molecule has 136 valence electrons. The summed E-state index contributed by atoms with van der Waals surface area (Å²) in [6.07, 6.45) is 1.72. The fourth-order valence-corrected chi connectivity index (χ4v) is 2.97. The Morgan fingerprint density at radius 2 is 2.00 bits per heavy atom. The van der Waals surface area contributed by atoms with Crippen molar-refractivity contribution in [2.75, 3.05) is 42.9 Å². The largest absolute Gasteiger partial charge is 0.366 e. The Kier molecular flexibility index (Phi) is 5.46. The van der Waals surface area contributed by atoms with E-state index in [9.17, 15) is 9.18 Å². The lowest BCUT2D eigenvalue weighted by Crippen LogP contribution is -2.49. The van der Waals surface area contributed by atoms with E-state index in [0.717, 1.165) is 0 Å². The second-order valence-electron chi connectivity index (χ2n) is 6.09. The van der Waals surface area contributed by atoms with E-state index in [-0.39, 0.29) is 11.7 Å². The Hall–Kier alpha value is -2.96. The van der Waals surface area contributed by atoms with Crippen LogP contribution in [0.15, 0.2) is 43.0 Å². The number of piperazine rings is 1. The average Bonchev–Trinajstić information content (AvgIpc) is 2.66. The maximum absolute atomic E-state index is 13.9. The molecule has 0 saturated carbocycles. The lowest BCUT2D eigenvalue weighted by molar-refractivity contribution is 0.0740. The van der Waals surface area contributed by atoms with Crippen LogP contribution in [0.4, 0.5) is 15.9 Å². The molecule has 7 heteroatoms. The third kappa shape index (κ3) is 3.99. The number of nitrogens with one attached hydrogen (secondary N) is 1. The number of anilines is 2. The normalized spacial score (nSPS) is 14.2. The molecule has 0 radical (unpaired) electrons. The molecule has 0 aliphatic carbocycles. The topological polar surface area (TPSA) is 61.4 Å². The SMILES string of the molecule is C=CCNc1cc(C(=O)N2CCN(c3ccccc3F)CC2)nc(C)n1. The second kappa shape index (κ2) is 7.95. The Labute approximate surface area is 152 Å². The molecule has 1 aromatic heterocycles. The van der Waals surface area contributed by atoms with Crippen LogP contribution in [0.25, 0.3) is 0 Å². The van der Waals surface area contributed by atoms with Gasteiger partial charge in [-0.3, -0.25) is 4.79 Å². The number of rotatable bonds is 5. The monoisotopic (exact) mass is 355 g/mol. The molecule has 1 aromatic carbocycles. The molecule has 1 N–H and O–H groups in total. The van der Waals surface area contributed by atoms with Gasteiger partial charge in [-0.05, 0) is 19.1 Å². The van der Waals surface area contributed by atoms with Crippen LogP contribution >= 0.6 is 0 Å². The van der Waals surface area contributed by atoms with Crippen molar-refractivity contribution < 1.29 is 9.18 Å². The van der Waals surface area contributed by atoms with Crippen LogP contribution in [0.3, 0.4) is 0 Å². The summed E-state index contributed by atoms with van der Waals surface area (Å²) in [7, 11) is 0. The molecular formula is C19H22FN5O. The predicted molar refractivity (Wildman–Crippen MR) is 100.0 cm³/mol. The Morgan fingerprint density at radius 1 is 1.27 bits per heavy atom. The maximum Gasteiger partial charge on any atom is 0.272 e. The van der Waals surface area contributed by atoms with E-state index in [1.165, 1.54) is 6.07 Å². The van der Waals surface area contributed by atoms with Crippen molar-refractivity contribution in [1.82, 2.24) is 14.9 Å². The third-order valence-corrected chi connectivity index (χ3v) is 4.24. The van der Waals surface area contributed by atoms with Crippen molar-refractivity contribution in [1.29, 1.82) is 0 Å². The van der Waals surface area contributed by atoms with E-state index in [4.69, 9.17) is 0 Å². The van der Waals surface area contributed by atoms with Gasteiger partial charge in [0.1, 0.15) is 23.2 Å². The number of halogens is 1. The van der Waals surface area contributed by atoms with Crippen molar-refractivity contribution >= 4 is 17.4 Å². The molecule has 2 aromatic rings. The summed E-state index contributed by atoms with van der Waals surface area (Å²) in [5.74, 6) is 0.764. The lowest BCUT2D eigenvalue weighted by Gasteiger charge is -2.36. The van der Waals surface area contributed by atoms with Gasteiger partial charge in [-0.1, -0.05) is 18.2 Å². The summed E-state index contributed by atoms with van der Waals surface area (Å²) >= 11 is 0. The van der Waals surface area contributed by atoms with Crippen molar-refractivity contribution in [3.8, 4) is 0 Å². The Bertz CT molecular complexity index is 802. The van der Waals surface area contributed by atoms with Gasteiger partial charge in [0.05, 0.1) is 5.69 Å². The van der Waals surface area contributed by atoms with Crippen LogP contribution in [0, 0.1) is 12.7 Å². The van der Waals surface area contributed by atoms with Gasteiger partial charge in [0.15, 0.2) is 0 Å². The first-order valence-electron chi connectivity index (χ1n) is 8.57. The van der Waals surface area contributed by atoms with Gasteiger partial charge >= 0.3 is 0 Å². The highest BCUT2D eigenvalue weighted by Gasteiger charge is 2.24. The van der Waals surface area contributed by atoms with Crippen molar-refractivity contribution in [3.63, 3.8) is 0 Å². The van der Waals surface area contributed by atoms with Crippen molar-refractivity contribution in [2.45, 2.75) is 6.92 Å². The minimum Gasteiger partial charge on any atom is -0.366 e. The summed E-state index contributed by atoms with van der Waals surface area (Å²) in [5.41, 5.74) is 0.941. The van der Waals surface area contributed by atoms with Crippen molar-refractivity contribution in [2.24, 2.45) is 0 Å². The van der Waals surface area contributed by atoms with Crippen LogP contribution in [-0.4, -0.2) is 53.5 Å². The zero-order valence-corrected chi connectivity index (χ0v) is 14.8. The van der Waals surface area contributed by atoms with E-state index >= 15 is 0 Å². The van der Waals surface area contributed by atoms with Crippen LogP contribution in [0.2, 0.25) is 0 Å². The number of para-hydroxylation sites is 1. The van der Waals surface area contributed by atoms with Gasteiger partial charge in [0.2, 0.25) is 0 Å². The summed E-state index contributed by atoms with van der Waals surface area (Å²) in [5, 5.41) is 3.08. The van der Waals surface area contributed by atoms with E-state index in [2.05, 4.69) is 21.9 Å². The zero-order chi connectivity index (χ0) is 18.5. The first-order valence-corrected chi connectivity index (χ1v) is 8.57. The number of hydrogen-bond donors (Lipinski definition) is 1. The summed E-state index contributed by atoms with van der Waals surface area (Å²) in [6.45, 7) is 8.17. The number of carbonyl (C=O) groups is 1. The van der Waals surface area contributed by atoms with Crippen LogP contribution < -0.4 is 10.2 Å². The minimum absolute atomic E-state index is 0.134. The molecule has 1 saturated heterocycles. The lowest BCUT2D eigenvalue weighted by atomic mass is 10.2. The van der Waals surface area contributed by atoms with Gasteiger partial charge in [-0.2, -0.15) is 0 Å². The molecule has 1 amide bonds. The highest BCUT2D eigenvalue weighted by atomic mass is 19.1. The minimum atomic E-state index is -0.239.